The molecule has 2 fully saturated rings. The summed E-state index contributed by atoms with van der Waals surface area (Å²) in [6.07, 6.45) is 1.20. The Morgan fingerprint density at radius 1 is 1.20 bits per heavy atom. The lowest BCUT2D eigenvalue weighted by Crippen LogP contribution is -2.48. The highest BCUT2D eigenvalue weighted by Gasteiger charge is 2.63. The minimum absolute atomic E-state index is 0.00661. The van der Waals surface area contributed by atoms with Crippen molar-refractivity contribution in [1.29, 1.82) is 0 Å². The number of piperidine rings is 1. The summed E-state index contributed by atoms with van der Waals surface area (Å²) in [5, 5.41) is 17.4. The molecule has 260 valence electrons. The Hall–Kier alpha value is -4.83. The van der Waals surface area contributed by atoms with E-state index in [2.05, 4.69) is 20.4 Å². The Labute approximate surface area is 286 Å². The molecular formula is C33H30ClF3N8O5. The Balaban J connectivity index is 1.16. The molecule has 2 N–H and O–H groups in total. The zero-order chi connectivity index (χ0) is 35.1. The van der Waals surface area contributed by atoms with Gasteiger partial charge in [-0.3, -0.25) is 14.4 Å². The van der Waals surface area contributed by atoms with Gasteiger partial charge in [0.1, 0.15) is 12.9 Å². The molecule has 4 aliphatic rings. The average Bonchev–Trinajstić information content (AvgIpc) is 3.63. The van der Waals surface area contributed by atoms with Crippen molar-refractivity contribution in [1.82, 2.24) is 34.0 Å². The van der Waals surface area contributed by atoms with Crippen LogP contribution >= 0.6 is 11.6 Å². The fraction of sp³-hybridized carbons (Fsp3) is 0.424. The number of aromatic nitrogens is 6. The molecule has 1 spiro atoms. The molecule has 2 aliphatic heterocycles. The fourth-order valence-corrected chi connectivity index (χ4v) is 8.14. The van der Waals surface area contributed by atoms with Crippen LogP contribution in [-0.2, 0) is 34.1 Å². The molecule has 8 rings (SSSR count). The summed E-state index contributed by atoms with van der Waals surface area (Å²) in [5.41, 5.74) is 0.332. The van der Waals surface area contributed by atoms with Gasteiger partial charge in [0.25, 0.3) is 11.5 Å². The maximum absolute atomic E-state index is 14.4. The van der Waals surface area contributed by atoms with Crippen molar-refractivity contribution >= 4 is 40.5 Å². The van der Waals surface area contributed by atoms with Crippen molar-refractivity contribution in [2.75, 3.05) is 25.1 Å². The minimum atomic E-state index is -4.60. The number of fused-ring (bicyclic) bond motifs is 5. The zero-order valence-corrected chi connectivity index (χ0v) is 27.4. The van der Waals surface area contributed by atoms with Gasteiger partial charge in [0.2, 0.25) is 11.7 Å². The molecule has 5 heterocycles. The van der Waals surface area contributed by atoms with Gasteiger partial charge in [-0.05, 0) is 68.7 Å². The summed E-state index contributed by atoms with van der Waals surface area (Å²) in [6, 6.07) is 2.51. The van der Waals surface area contributed by atoms with Crippen LogP contribution in [0.25, 0.3) is 11.4 Å². The molecular weight excluding hydrogens is 681 g/mol. The Kier molecular flexibility index (Phi) is 7.52. The number of hydrogen-bond acceptors (Lipinski definition) is 9. The summed E-state index contributed by atoms with van der Waals surface area (Å²) in [6.45, 7) is 2.43. The smallest absolute Gasteiger partial charge is 0.416 e. The number of nitrogens with one attached hydrogen (secondary N) is 1. The van der Waals surface area contributed by atoms with Gasteiger partial charge in [-0.15, -0.1) is 5.10 Å². The monoisotopic (exact) mass is 710 g/mol. The van der Waals surface area contributed by atoms with Crippen LogP contribution in [0.5, 0.6) is 5.75 Å². The number of anilines is 1. The number of amides is 2. The maximum atomic E-state index is 14.4. The molecule has 17 heteroatoms. The number of carbonyl (C=O) groups excluding carboxylic acids is 2. The molecule has 1 aromatic carbocycles. The number of alkyl halides is 3. The van der Waals surface area contributed by atoms with E-state index in [-0.39, 0.29) is 52.0 Å². The number of hydrogen-bond donors (Lipinski definition) is 2. The standard InChI is InChI=1S/C33H30ClF3N8O5/c1-16-27(47)26(39-15-38-16)30(49)43-9-8-32(19-13-23(19)43)7-4-22-25(32)29(48)45-31(41-28(42-45)17-5-10-50-11-6-17)44(22)14-24(46)40-21-3-2-18(12-20(21)34)33(35,36)37/h2-3,5,12,15,19,23,47H,4,6-11,13-14H2,1H3,(H,40,46)/t19-,23+,32+/m0/s1. The normalized spacial score (nSPS) is 22.7. The summed E-state index contributed by atoms with van der Waals surface area (Å²) in [4.78, 5) is 55.9. The second-order valence-electron chi connectivity index (χ2n) is 13.1. The number of likely N-dealkylation sites (tertiary alicyclic amines) is 1. The van der Waals surface area contributed by atoms with Crippen LogP contribution in [0.4, 0.5) is 18.9 Å². The summed E-state index contributed by atoms with van der Waals surface area (Å²) >= 11 is 6.13. The van der Waals surface area contributed by atoms with Crippen molar-refractivity contribution in [3.05, 3.63) is 80.0 Å². The molecule has 1 saturated heterocycles. The van der Waals surface area contributed by atoms with Crippen LogP contribution in [0, 0.1) is 12.8 Å². The van der Waals surface area contributed by atoms with Crippen LogP contribution in [0.15, 0.2) is 35.4 Å². The maximum Gasteiger partial charge on any atom is 0.416 e. The molecule has 13 nitrogen and oxygen atoms in total. The van der Waals surface area contributed by atoms with Gasteiger partial charge in [-0.2, -0.15) is 22.7 Å². The van der Waals surface area contributed by atoms with Crippen LogP contribution < -0.4 is 10.9 Å². The third-order valence-electron chi connectivity index (χ3n) is 10.4. The third kappa shape index (κ3) is 5.14. The van der Waals surface area contributed by atoms with E-state index in [4.69, 9.17) is 21.3 Å². The topological polar surface area (TPSA) is 157 Å². The number of nitrogens with zero attached hydrogens (tertiary/aromatic N) is 7. The van der Waals surface area contributed by atoms with Crippen molar-refractivity contribution in [2.45, 2.75) is 63.2 Å². The van der Waals surface area contributed by atoms with E-state index in [1.165, 1.54) is 10.8 Å². The number of aromatic hydroxyl groups is 1. The lowest BCUT2D eigenvalue weighted by Gasteiger charge is -2.39. The highest BCUT2D eigenvalue weighted by molar-refractivity contribution is 6.33. The quantitative estimate of drug-likeness (QED) is 0.313. The highest BCUT2D eigenvalue weighted by Crippen LogP contribution is 2.60. The SMILES string of the molecule is Cc1ncnc(C(=O)N2CC[C@]3(CCc4c3c(=O)n3nc(C5=CCOCC5)nc3n4CC(=O)Nc3ccc(C(F)(F)F)cc3Cl)[C@H]3C[C@H]32)c1O. The van der Waals surface area contributed by atoms with E-state index in [0.717, 1.165) is 23.8 Å². The van der Waals surface area contributed by atoms with E-state index in [0.29, 0.717) is 74.6 Å². The first-order valence-electron chi connectivity index (χ1n) is 16.2. The van der Waals surface area contributed by atoms with E-state index in [1.807, 2.05) is 6.08 Å². The lowest BCUT2D eigenvalue weighted by molar-refractivity contribution is -0.137. The Bertz CT molecular complexity index is 2200. The second-order valence-corrected chi connectivity index (χ2v) is 13.5. The zero-order valence-electron chi connectivity index (χ0n) is 26.6. The van der Waals surface area contributed by atoms with Gasteiger partial charge in [-0.1, -0.05) is 17.7 Å². The number of benzene rings is 1. The number of ether oxygens (including phenoxy) is 1. The first-order valence-corrected chi connectivity index (χ1v) is 16.5. The van der Waals surface area contributed by atoms with Crippen LogP contribution in [0.3, 0.4) is 0 Å². The number of carbonyl (C=O) groups is 2. The summed E-state index contributed by atoms with van der Waals surface area (Å²) < 4.78 is 47.9. The van der Waals surface area contributed by atoms with E-state index >= 15 is 0 Å². The molecule has 0 bridgehead atoms. The molecule has 4 aromatic rings. The van der Waals surface area contributed by atoms with Crippen molar-refractivity contribution in [2.24, 2.45) is 5.92 Å². The van der Waals surface area contributed by atoms with Crippen molar-refractivity contribution in [3.8, 4) is 5.75 Å². The van der Waals surface area contributed by atoms with Crippen LogP contribution in [0.2, 0.25) is 5.02 Å². The predicted octanol–water partition coefficient (Wildman–Crippen LogP) is 3.93. The van der Waals surface area contributed by atoms with E-state index < -0.39 is 29.0 Å². The van der Waals surface area contributed by atoms with E-state index in [9.17, 15) is 32.7 Å². The third-order valence-corrected chi connectivity index (χ3v) is 10.7. The van der Waals surface area contributed by atoms with Gasteiger partial charge in [0.05, 0.1) is 35.2 Å². The molecule has 0 unspecified atom stereocenters. The second kappa shape index (κ2) is 11.6. The number of rotatable bonds is 5. The van der Waals surface area contributed by atoms with Crippen molar-refractivity contribution < 1.29 is 32.6 Å². The molecule has 50 heavy (non-hydrogen) atoms. The van der Waals surface area contributed by atoms with Gasteiger partial charge in [-0.25, -0.2) is 9.97 Å². The molecule has 0 radical (unpaired) electrons. The largest absolute Gasteiger partial charge is 0.504 e. The fourth-order valence-electron chi connectivity index (χ4n) is 7.91. The lowest BCUT2D eigenvalue weighted by atomic mass is 9.73. The molecule has 2 aliphatic carbocycles. The predicted molar refractivity (Wildman–Crippen MR) is 172 cm³/mol. The molecule has 2 amide bonds. The molecule has 1 saturated carbocycles. The molecule has 3 aromatic heterocycles. The Morgan fingerprint density at radius 3 is 2.76 bits per heavy atom. The van der Waals surface area contributed by atoms with Gasteiger partial charge in [0.15, 0.2) is 17.3 Å². The van der Waals surface area contributed by atoms with Gasteiger partial charge in [0, 0.05) is 29.3 Å². The van der Waals surface area contributed by atoms with Crippen LogP contribution in [-0.4, -0.2) is 76.8 Å². The van der Waals surface area contributed by atoms with Crippen LogP contribution in [0.1, 0.15) is 64.5 Å². The Morgan fingerprint density at radius 2 is 2.02 bits per heavy atom. The number of halogens is 4. The average molecular weight is 711 g/mol. The molecule has 3 atom stereocenters. The first kappa shape index (κ1) is 32.4. The summed E-state index contributed by atoms with van der Waals surface area (Å²) in [7, 11) is 0. The summed E-state index contributed by atoms with van der Waals surface area (Å²) in [5.74, 6) is -0.787. The van der Waals surface area contributed by atoms with E-state index in [1.54, 1.807) is 16.4 Å². The number of aryl methyl sites for hydroxylation is 1. The highest BCUT2D eigenvalue weighted by atomic mass is 35.5. The first-order chi connectivity index (χ1) is 23.9. The van der Waals surface area contributed by atoms with Crippen molar-refractivity contribution in [3.63, 3.8) is 0 Å². The minimum Gasteiger partial charge on any atom is -0.504 e. The van der Waals surface area contributed by atoms with Gasteiger partial charge < -0.3 is 24.6 Å². The van der Waals surface area contributed by atoms with Gasteiger partial charge >= 0.3 is 6.18 Å².